The SMILES string of the molecule is CC(=O)Nc1ccc(C[C@@H](C(=O)N=C(N)N)c2ccccc2)cc1. The molecule has 5 N–H and O–H groups in total. The summed E-state index contributed by atoms with van der Waals surface area (Å²) in [5, 5.41) is 2.71. The molecule has 0 bridgehead atoms. The van der Waals surface area contributed by atoms with E-state index in [0.717, 1.165) is 11.1 Å². The number of nitrogens with zero attached hydrogens (tertiary/aromatic N) is 1. The van der Waals surface area contributed by atoms with Crippen LogP contribution < -0.4 is 16.8 Å². The summed E-state index contributed by atoms with van der Waals surface area (Å²) in [6.07, 6.45) is 0.458. The van der Waals surface area contributed by atoms with Gasteiger partial charge in [-0.2, -0.15) is 4.99 Å². The van der Waals surface area contributed by atoms with Gasteiger partial charge in [0.2, 0.25) is 5.91 Å². The van der Waals surface area contributed by atoms with Gasteiger partial charge in [0.1, 0.15) is 0 Å². The third-order valence-electron chi connectivity index (χ3n) is 3.45. The minimum absolute atomic E-state index is 0.132. The molecule has 6 heteroatoms. The first-order valence-corrected chi connectivity index (χ1v) is 7.50. The third kappa shape index (κ3) is 4.95. The minimum atomic E-state index is -0.472. The van der Waals surface area contributed by atoms with Crippen LogP contribution in [0.5, 0.6) is 0 Å². The van der Waals surface area contributed by atoms with Crippen molar-refractivity contribution in [2.45, 2.75) is 19.3 Å². The Bertz CT molecular complexity index is 735. The van der Waals surface area contributed by atoms with Crippen LogP contribution in [0.2, 0.25) is 0 Å². The van der Waals surface area contributed by atoms with Gasteiger partial charge in [-0.05, 0) is 29.7 Å². The molecule has 2 aromatic carbocycles. The van der Waals surface area contributed by atoms with E-state index in [1.807, 2.05) is 42.5 Å². The molecule has 0 aromatic heterocycles. The second-order valence-corrected chi connectivity index (χ2v) is 5.42. The van der Waals surface area contributed by atoms with E-state index in [0.29, 0.717) is 12.1 Å². The van der Waals surface area contributed by atoms with Crippen molar-refractivity contribution < 1.29 is 9.59 Å². The highest BCUT2D eigenvalue weighted by atomic mass is 16.2. The van der Waals surface area contributed by atoms with E-state index in [9.17, 15) is 9.59 Å². The maximum Gasteiger partial charge on any atom is 0.256 e. The summed E-state index contributed by atoms with van der Waals surface area (Å²) in [4.78, 5) is 27.1. The number of rotatable bonds is 5. The van der Waals surface area contributed by atoms with Crippen LogP contribution in [0.4, 0.5) is 5.69 Å². The molecule has 0 saturated carbocycles. The van der Waals surface area contributed by atoms with Crippen LogP contribution in [-0.2, 0) is 16.0 Å². The van der Waals surface area contributed by atoms with Crippen LogP contribution in [0.3, 0.4) is 0 Å². The molecule has 6 nitrogen and oxygen atoms in total. The molecule has 0 saturated heterocycles. The lowest BCUT2D eigenvalue weighted by atomic mass is 9.91. The Morgan fingerprint density at radius 1 is 1.04 bits per heavy atom. The summed E-state index contributed by atoms with van der Waals surface area (Å²) < 4.78 is 0. The van der Waals surface area contributed by atoms with Gasteiger partial charge in [0.15, 0.2) is 5.96 Å². The molecule has 0 unspecified atom stereocenters. The van der Waals surface area contributed by atoms with E-state index < -0.39 is 5.92 Å². The second-order valence-electron chi connectivity index (χ2n) is 5.42. The van der Waals surface area contributed by atoms with Crippen molar-refractivity contribution in [3.05, 3.63) is 65.7 Å². The summed E-state index contributed by atoms with van der Waals surface area (Å²) in [6.45, 7) is 1.45. The lowest BCUT2D eigenvalue weighted by Crippen LogP contribution is -2.26. The number of hydrogen-bond donors (Lipinski definition) is 3. The number of aliphatic imine (C=N–C) groups is 1. The first-order chi connectivity index (χ1) is 11.5. The van der Waals surface area contributed by atoms with Crippen molar-refractivity contribution in [3.63, 3.8) is 0 Å². The fraction of sp³-hybridized carbons (Fsp3) is 0.167. The van der Waals surface area contributed by atoms with Crippen molar-refractivity contribution in [2.24, 2.45) is 16.5 Å². The molecule has 0 heterocycles. The van der Waals surface area contributed by atoms with Gasteiger partial charge < -0.3 is 16.8 Å². The van der Waals surface area contributed by atoms with Gasteiger partial charge >= 0.3 is 0 Å². The van der Waals surface area contributed by atoms with E-state index in [2.05, 4.69) is 10.3 Å². The average molecular weight is 324 g/mol. The molecule has 0 aliphatic carbocycles. The van der Waals surface area contributed by atoms with Gasteiger partial charge in [-0.15, -0.1) is 0 Å². The first-order valence-electron chi connectivity index (χ1n) is 7.50. The summed E-state index contributed by atoms with van der Waals surface area (Å²) >= 11 is 0. The lowest BCUT2D eigenvalue weighted by Gasteiger charge is -2.14. The number of anilines is 1. The Morgan fingerprint density at radius 2 is 1.67 bits per heavy atom. The Balaban J connectivity index is 2.23. The molecule has 2 aromatic rings. The molecule has 2 amide bonds. The standard InChI is InChI=1S/C18H20N4O2/c1-12(23)21-15-9-7-13(8-10-15)11-16(17(24)22-18(19)20)14-5-3-2-4-6-14/h2-10,16H,11H2,1H3,(H,21,23)(H4,19,20,22,24)/t16-/m1/s1. The number of benzene rings is 2. The molecular formula is C18H20N4O2. The maximum atomic E-state index is 12.4. The van der Waals surface area contributed by atoms with Gasteiger partial charge in [0, 0.05) is 12.6 Å². The highest BCUT2D eigenvalue weighted by Gasteiger charge is 2.21. The summed E-state index contributed by atoms with van der Waals surface area (Å²) in [5.74, 6) is -1.23. The highest BCUT2D eigenvalue weighted by molar-refractivity contribution is 5.95. The van der Waals surface area contributed by atoms with E-state index in [1.165, 1.54) is 6.92 Å². The molecular weight excluding hydrogens is 304 g/mol. The number of hydrogen-bond acceptors (Lipinski definition) is 2. The van der Waals surface area contributed by atoms with E-state index in [4.69, 9.17) is 11.5 Å². The Morgan fingerprint density at radius 3 is 2.21 bits per heavy atom. The number of amides is 2. The van der Waals surface area contributed by atoms with Crippen molar-refractivity contribution in [1.82, 2.24) is 0 Å². The molecule has 0 radical (unpaired) electrons. The quantitative estimate of drug-likeness (QED) is 0.575. The minimum Gasteiger partial charge on any atom is -0.370 e. The Labute approximate surface area is 140 Å². The fourth-order valence-electron chi connectivity index (χ4n) is 2.40. The normalized spacial score (nSPS) is 11.4. The fourth-order valence-corrected chi connectivity index (χ4v) is 2.40. The van der Waals surface area contributed by atoms with Crippen molar-refractivity contribution in [2.75, 3.05) is 5.32 Å². The predicted octanol–water partition coefficient (Wildman–Crippen LogP) is 1.77. The zero-order valence-corrected chi connectivity index (χ0v) is 13.4. The number of guanidine groups is 1. The number of carbonyl (C=O) groups excluding carboxylic acids is 2. The molecule has 0 aliphatic rings. The molecule has 0 aliphatic heterocycles. The first kappa shape index (κ1) is 17.2. The van der Waals surface area contributed by atoms with Gasteiger partial charge in [0.05, 0.1) is 5.92 Å². The topological polar surface area (TPSA) is 111 Å². The van der Waals surface area contributed by atoms with Gasteiger partial charge in [0.25, 0.3) is 5.91 Å². The molecule has 0 spiro atoms. The molecule has 0 fully saturated rings. The van der Waals surface area contributed by atoms with Crippen LogP contribution in [-0.4, -0.2) is 17.8 Å². The maximum absolute atomic E-state index is 12.4. The van der Waals surface area contributed by atoms with Crippen molar-refractivity contribution in [3.8, 4) is 0 Å². The molecule has 2 rings (SSSR count). The lowest BCUT2D eigenvalue weighted by molar-refractivity contribution is -0.119. The smallest absolute Gasteiger partial charge is 0.256 e. The van der Waals surface area contributed by atoms with Crippen LogP contribution >= 0.6 is 0 Å². The van der Waals surface area contributed by atoms with Crippen LogP contribution in [0.1, 0.15) is 24.0 Å². The van der Waals surface area contributed by atoms with Crippen molar-refractivity contribution >= 4 is 23.5 Å². The van der Waals surface area contributed by atoms with E-state index >= 15 is 0 Å². The molecule has 24 heavy (non-hydrogen) atoms. The highest BCUT2D eigenvalue weighted by Crippen LogP contribution is 2.23. The van der Waals surface area contributed by atoms with Crippen LogP contribution in [0, 0.1) is 0 Å². The largest absolute Gasteiger partial charge is 0.370 e. The molecule has 1 atom stereocenters. The number of nitrogens with one attached hydrogen (secondary N) is 1. The summed E-state index contributed by atoms with van der Waals surface area (Å²) in [5.41, 5.74) is 13.2. The van der Waals surface area contributed by atoms with Crippen molar-refractivity contribution in [1.29, 1.82) is 0 Å². The number of carbonyl (C=O) groups is 2. The molecule has 124 valence electrons. The van der Waals surface area contributed by atoms with E-state index in [1.54, 1.807) is 12.1 Å². The zero-order chi connectivity index (χ0) is 17.5. The Hall–Kier alpha value is -3.15. The summed E-state index contributed by atoms with van der Waals surface area (Å²) in [7, 11) is 0. The van der Waals surface area contributed by atoms with Gasteiger partial charge in [-0.1, -0.05) is 42.5 Å². The second kappa shape index (κ2) is 7.92. The Kier molecular flexibility index (Phi) is 5.68. The zero-order valence-electron chi connectivity index (χ0n) is 13.4. The van der Waals surface area contributed by atoms with Crippen LogP contribution in [0.25, 0.3) is 0 Å². The predicted molar refractivity (Wildman–Crippen MR) is 94.4 cm³/mol. The monoisotopic (exact) mass is 324 g/mol. The average Bonchev–Trinajstić information content (AvgIpc) is 2.53. The van der Waals surface area contributed by atoms with Crippen LogP contribution in [0.15, 0.2) is 59.6 Å². The van der Waals surface area contributed by atoms with Gasteiger partial charge in [-0.3, -0.25) is 9.59 Å². The number of nitrogens with two attached hydrogens (primary N) is 2. The van der Waals surface area contributed by atoms with Gasteiger partial charge in [-0.25, -0.2) is 0 Å². The third-order valence-corrected chi connectivity index (χ3v) is 3.45. The summed E-state index contributed by atoms with van der Waals surface area (Å²) in [6, 6.07) is 16.7. The van der Waals surface area contributed by atoms with E-state index in [-0.39, 0.29) is 17.8 Å².